The van der Waals surface area contributed by atoms with Crippen LogP contribution in [-0.2, 0) is 13.0 Å². The number of nitrogens with one attached hydrogen (secondary N) is 1. The molecule has 2 rings (SSSR count). The molecule has 0 spiro atoms. The Hall–Kier alpha value is -1.32. The Balaban J connectivity index is 0.000000581. The number of hydrogen-bond acceptors (Lipinski definition) is 2. The van der Waals surface area contributed by atoms with Crippen LogP contribution in [0.4, 0.5) is 0 Å². The number of nitrogens with zero attached hydrogens (tertiary/aromatic N) is 2. The van der Waals surface area contributed by atoms with Crippen LogP contribution in [0.25, 0.3) is 0 Å². The zero-order valence-corrected chi connectivity index (χ0v) is 11.7. The third kappa shape index (κ3) is 4.21. The predicted molar refractivity (Wildman–Crippen MR) is 71.3 cm³/mol. The quantitative estimate of drug-likeness (QED) is 0.819. The number of rotatable bonds is 1. The van der Waals surface area contributed by atoms with Crippen LogP contribution in [-0.4, -0.2) is 22.5 Å². The van der Waals surface area contributed by atoms with Crippen LogP contribution in [0.15, 0.2) is 6.20 Å². The van der Waals surface area contributed by atoms with Gasteiger partial charge in [0.15, 0.2) is 0 Å². The zero-order valence-electron chi connectivity index (χ0n) is 11.7. The van der Waals surface area contributed by atoms with Gasteiger partial charge < -0.3 is 9.88 Å². The highest BCUT2D eigenvalue weighted by molar-refractivity contribution is 5.91. The molecule has 2 heterocycles. The maximum Gasteiger partial charge on any atom is 0.271 e. The van der Waals surface area contributed by atoms with E-state index in [1.165, 1.54) is 12.8 Å². The van der Waals surface area contributed by atoms with Gasteiger partial charge in [-0.15, -0.1) is 0 Å². The molecule has 4 nitrogen and oxygen atoms in total. The number of carbonyl (C=O) groups excluding carboxylic acids is 1. The van der Waals surface area contributed by atoms with Crippen molar-refractivity contribution in [3.05, 3.63) is 17.7 Å². The maximum atomic E-state index is 11.2. The van der Waals surface area contributed by atoms with Crippen molar-refractivity contribution in [2.45, 2.75) is 53.5 Å². The van der Waals surface area contributed by atoms with Gasteiger partial charge in [0.25, 0.3) is 5.91 Å². The molecule has 1 aliphatic heterocycles. The van der Waals surface area contributed by atoms with Gasteiger partial charge in [-0.05, 0) is 12.8 Å². The van der Waals surface area contributed by atoms with Gasteiger partial charge in [-0.3, -0.25) is 4.79 Å². The second kappa shape index (κ2) is 8.79. The summed E-state index contributed by atoms with van der Waals surface area (Å²) in [7, 11) is 1.63. The number of amides is 1. The number of imidazole rings is 1. The highest BCUT2D eigenvalue weighted by Crippen LogP contribution is 2.14. The minimum Gasteiger partial charge on any atom is -0.354 e. The van der Waals surface area contributed by atoms with Gasteiger partial charge in [-0.2, -0.15) is 0 Å². The molecule has 0 bridgehead atoms. The van der Waals surface area contributed by atoms with Gasteiger partial charge in [0.05, 0.1) is 0 Å². The molecule has 1 aliphatic rings. The monoisotopic (exact) mass is 239 g/mol. The molecule has 1 N–H and O–H groups in total. The summed E-state index contributed by atoms with van der Waals surface area (Å²) in [6.07, 6.45) is 5.21. The SMILES string of the molecule is CC.CC.CNC(=O)c1cn2c(n1)CCCC2. The Morgan fingerprint density at radius 2 is 1.94 bits per heavy atom. The molecular formula is C13H25N3O. The van der Waals surface area contributed by atoms with Crippen molar-refractivity contribution < 1.29 is 4.79 Å². The lowest BCUT2D eigenvalue weighted by atomic mass is 10.2. The van der Waals surface area contributed by atoms with E-state index in [0.717, 1.165) is 18.8 Å². The highest BCUT2D eigenvalue weighted by atomic mass is 16.1. The standard InChI is InChI=1S/C9H13N3O.2C2H6/c1-10-9(13)7-6-12-5-3-2-4-8(12)11-7;2*1-2/h6H,2-5H2,1H3,(H,10,13);2*1-2H3. The summed E-state index contributed by atoms with van der Waals surface area (Å²) in [6, 6.07) is 0. The molecule has 0 aliphatic carbocycles. The Kier molecular flexibility index (Phi) is 8.11. The fourth-order valence-corrected chi connectivity index (χ4v) is 1.65. The van der Waals surface area contributed by atoms with Crippen molar-refractivity contribution in [1.29, 1.82) is 0 Å². The van der Waals surface area contributed by atoms with Crippen LogP contribution >= 0.6 is 0 Å². The van der Waals surface area contributed by atoms with Gasteiger partial charge in [0.2, 0.25) is 0 Å². The lowest BCUT2D eigenvalue weighted by Crippen LogP contribution is -2.18. The lowest BCUT2D eigenvalue weighted by Gasteiger charge is -2.11. The largest absolute Gasteiger partial charge is 0.354 e. The van der Waals surface area contributed by atoms with Crippen molar-refractivity contribution >= 4 is 5.91 Å². The van der Waals surface area contributed by atoms with Crippen LogP contribution in [0.1, 0.15) is 56.8 Å². The third-order valence-corrected chi connectivity index (χ3v) is 2.37. The molecular weight excluding hydrogens is 214 g/mol. The maximum absolute atomic E-state index is 11.2. The first-order chi connectivity index (χ1) is 8.31. The minimum atomic E-state index is -0.0955. The van der Waals surface area contributed by atoms with Crippen LogP contribution in [0.5, 0.6) is 0 Å². The molecule has 0 saturated carbocycles. The van der Waals surface area contributed by atoms with Gasteiger partial charge in [0, 0.05) is 26.2 Å². The smallest absolute Gasteiger partial charge is 0.271 e. The van der Waals surface area contributed by atoms with E-state index in [4.69, 9.17) is 0 Å². The molecule has 1 aromatic rings. The number of hydrogen-bond donors (Lipinski definition) is 1. The molecule has 17 heavy (non-hydrogen) atoms. The first kappa shape index (κ1) is 15.7. The number of aryl methyl sites for hydroxylation is 2. The van der Waals surface area contributed by atoms with Crippen molar-refractivity contribution in [3.8, 4) is 0 Å². The molecule has 0 atom stereocenters. The van der Waals surface area contributed by atoms with E-state index in [2.05, 4.69) is 14.9 Å². The van der Waals surface area contributed by atoms with Crippen molar-refractivity contribution in [2.24, 2.45) is 0 Å². The Labute approximate surface area is 104 Å². The summed E-state index contributed by atoms with van der Waals surface area (Å²) >= 11 is 0. The Morgan fingerprint density at radius 3 is 2.47 bits per heavy atom. The molecule has 4 heteroatoms. The fourth-order valence-electron chi connectivity index (χ4n) is 1.65. The van der Waals surface area contributed by atoms with E-state index in [-0.39, 0.29) is 5.91 Å². The van der Waals surface area contributed by atoms with Crippen molar-refractivity contribution in [1.82, 2.24) is 14.9 Å². The second-order valence-corrected chi connectivity index (χ2v) is 3.27. The molecule has 0 unspecified atom stereocenters. The highest BCUT2D eigenvalue weighted by Gasteiger charge is 2.15. The van der Waals surface area contributed by atoms with E-state index in [0.29, 0.717) is 5.69 Å². The lowest BCUT2D eigenvalue weighted by molar-refractivity contribution is 0.0958. The molecule has 0 aromatic carbocycles. The van der Waals surface area contributed by atoms with Gasteiger partial charge in [-0.1, -0.05) is 27.7 Å². The van der Waals surface area contributed by atoms with E-state index in [1.54, 1.807) is 7.05 Å². The van der Waals surface area contributed by atoms with Gasteiger partial charge in [0.1, 0.15) is 11.5 Å². The van der Waals surface area contributed by atoms with E-state index in [9.17, 15) is 4.79 Å². The predicted octanol–water partition coefficient (Wildman–Crippen LogP) is 2.63. The van der Waals surface area contributed by atoms with Crippen LogP contribution in [0, 0.1) is 0 Å². The van der Waals surface area contributed by atoms with E-state index in [1.807, 2.05) is 33.9 Å². The van der Waals surface area contributed by atoms with Crippen LogP contribution < -0.4 is 5.32 Å². The average molecular weight is 239 g/mol. The van der Waals surface area contributed by atoms with E-state index >= 15 is 0 Å². The second-order valence-electron chi connectivity index (χ2n) is 3.27. The molecule has 1 aromatic heterocycles. The first-order valence-corrected chi connectivity index (χ1v) is 6.59. The van der Waals surface area contributed by atoms with Gasteiger partial charge >= 0.3 is 0 Å². The Morgan fingerprint density at radius 1 is 1.29 bits per heavy atom. The van der Waals surface area contributed by atoms with Gasteiger partial charge in [-0.25, -0.2) is 4.98 Å². The first-order valence-electron chi connectivity index (χ1n) is 6.59. The summed E-state index contributed by atoms with van der Waals surface area (Å²) in [5.74, 6) is 0.951. The molecule has 0 fully saturated rings. The Bertz CT molecular complexity index is 308. The van der Waals surface area contributed by atoms with Crippen molar-refractivity contribution in [3.63, 3.8) is 0 Å². The summed E-state index contributed by atoms with van der Waals surface area (Å²) in [5.41, 5.74) is 0.541. The number of fused-ring (bicyclic) bond motifs is 1. The summed E-state index contributed by atoms with van der Waals surface area (Å²) in [5, 5.41) is 2.58. The van der Waals surface area contributed by atoms with Crippen molar-refractivity contribution in [2.75, 3.05) is 7.05 Å². The fraction of sp³-hybridized carbons (Fsp3) is 0.692. The topological polar surface area (TPSA) is 46.9 Å². The normalized spacial score (nSPS) is 12.3. The average Bonchev–Trinajstić information content (AvgIpc) is 2.86. The molecule has 1 amide bonds. The number of carbonyl (C=O) groups is 1. The summed E-state index contributed by atoms with van der Waals surface area (Å²) < 4.78 is 2.08. The molecule has 0 saturated heterocycles. The summed E-state index contributed by atoms with van der Waals surface area (Å²) in [4.78, 5) is 15.5. The van der Waals surface area contributed by atoms with Crippen LogP contribution in [0.3, 0.4) is 0 Å². The van der Waals surface area contributed by atoms with E-state index < -0.39 is 0 Å². The summed E-state index contributed by atoms with van der Waals surface area (Å²) in [6.45, 7) is 9.00. The minimum absolute atomic E-state index is 0.0955. The number of aromatic nitrogens is 2. The van der Waals surface area contributed by atoms with Crippen LogP contribution in [0.2, 0.25) is 0 Å². The zero-order chi connectivity index (χ0) is 13.3. The molecule has 98 valence electrons. The molecule has 0 radical (unpaired) electrons. The third-order valence-electron chi connectivity index (χ3n) is 2.37.